The number of aromatic nitrogens is 6. The number of carbonyl (C=O) groups excluding carboxylic acids is 3. The van der Waals surface area contributed by atoms with Crippen molar-refractivity contribution < 1.29 is 23.9 Å². The maximum absolute atomic E-state index is 13.3. The number of benzene rings is 2. The summed E-state index contributed by atoms with van der Waals surface area (Å²) >= 11 is 0. The van der Waals surface area contributed by atoms with Gasteiger partial charge < -0.3 is 24.7 Å². The molecule has 14 nitrogen and oxygen atoms in total. The quantitative estimate of drug-likeness (QED) is 0.151. The molecule has 1 unspecified atom stereocenters. The second-order valence-corrected chi connectivity index (χ2v) is 11.5. The van der Waals surface area contributed by atoms with Gasteiger partial charge in [-0.15, -0.1) is 11.5 Å². The zero-order valence-corrected chi connectivity index (χ0v) is 27.2. The number of anilines is 1. The van der Waals surface area contributed by atoms with Crippen LogP contribution in [0.1, 0.15) is 71.8 Å². The van der Waals surface area contributed by atoms with Gasteiger partial charge in [-0.05, 0) is 97.5 Å². The maximum Gasteiger partial charge on any atom is 0.328 e. The molecule has 4 aromatic rings. The number of methoxy groups -OCH3 is 1. The molecule has 1 aliphatic rings. The number of ether oxygens (including phenoxy) is 2. The average molecular weight is 655 g/mol. The van der Waals surface area contributed by atoms with E-state index in [1.807, 2.05) is 24.3 Å². The van der Waals surface area contributed by atoms with Crippen LogP contribution in [0.5, 0.6) is 0 Å². The molecule has 250 valence electrons. The van der Waals surface area contributed by atoms with Crippen LogP contribution >= 0.6 is 0 Å². The van der Waals surface area contributed by atoms with Gasteiger partial charge in [0.2, 0.25) is 0 Å². The minimum atomic E-state index is -0.948. The summed E-state index contributed by atoms with van der Waals surface area (Å²) < 4.78 is 11.5. The third kappa shape index (κ3) is 7.68. The van der Waals surface area contributed by atoms with Crippen molar-refractivity contribution in [1.29, 1.82) is 0 Å². The van der Waals surface area contributed by atoms with Crippen molar-refractivity contribution in [2.45, 2.75) is 71.0 Å². The number of esters is 2. The lowest BCUT2D eigenvalue weighted by atomic mass is 10.0. The third-order valence-electron chi connectivity index (χ3n) is 8.34. The number of aromatic amines is 1. The third-order valence-corrected chi connectivity index (χ3v) is 8.34. The summed E-state index contributed by atoms with van der Waals surface area (Å²) in [6.45, 7) is 4.55. The molecule has 0 saturated carbocycles. The van der Waals surface area contributed by atoms with Gasteiger partial charge in [0.25, 0.3) is 11.5 Å². The monoisotopic (exact) mass is 654 g/mol. The van der Waals surface area contributed by atoms with Crippen LogP contribution in [0.15, 0.2) is 41.2 Å². The van der Waals surface area contributed by atoms with Crippen LogP contribution in [0.3, 0.4) is 0 Å². The summed E-state index contributed by atoms with van der Waals surface area (Å²) in [7, 11) is 1.26. The Bertz CT molecular complexity index is 1890. The minimum absolute atomic E-state index is 0.0637. The number of hydrogen-bond donors (Lipinski definition) is 2. The summed E-state index contributed by atoms with van der Waals surface area (Å²) in [6.07, 6.45) is 8.61. The molecule has 14 heteroatoms. The van der Waals surface area contributed by atoms with Gasteiger partial charge >= 0.3 is 11.9 Å². The number of fused-ring (bicyclic) bond motifs is 2. The van der Waals surface area contributed by atoms with E-state index in [2.05, 4.69) is 41.6 Å². The fourth-order valence-corrected chi connectivity index (χ4v) is 6.03. The van der Waals surface area contributed by atoms with E-state index < -0.39 is 17.9 Å². The van der Waals surface area contributed by atoms with Gasteiger partial charge in [-0.1, -0.05) is 5.92 Å². The fourth-order valence-electron chi connectivity index (χ4n) is 6.03. The Morgan fingerprint density at radius 3 is 2.75 bits per heavy atom. The van der Waals surface area contributed by atoms with Crippen LogP contribution in [0.4, 0.5) is 5.69 Å². The Labute approximate surface area is 277 Å². The highest BCUT2D eigenvalue weighted by molar-refractivity contribution is 5.97. The van der Waals surface area contributed by atoms with Gasteiger partial charge in [0.05, 0.1) is 37.2 Å². The molecule has 2 aromatic heterocycles. The molecule has 1 amide bonds. The highest BCUT2D eigenvalue weighted by Gasteiger charge is 2.30. The number of amides is 1. The lowest BCUT2D eigenvalue weighted by Gasteiger charge is -2.30. The number of H-pyrrole nitrogens is 1. The fraction of sp³-hybridized carbons (Fsp3) is 0.412. The normalized spacial score (nSPS) is 14.2. The summed E-state index contributed by atoms with van der Waals surface area (Å²) in [5.74, 6) is 2.48. The summed E-state index contributed by atoms with van der Waals surface area (Å²) in [5.41, 5.74) is 3.81. The molecule has 0 spiro atoms. The largest absolute Gasteiger partial charge is 0.467 e. The molecule has 0 aliphatic heterocycles. The molecular formula is C34H38N8O6. The van der Waals surface area contributed by atoms with Gasteiger partial charge in [0.1, 0.15) is 11.9 Å². The van der Waals surface area contributed by atoms with E-state index in [4.69, 9.17) is 15.9 Å². The molecule has 2 atom stereocenters. The van der Waals surface area contributed by atoms with Crippen molar-refractivity contribution >= 4 is 34.4 Å². The summed E-state index contributed by atoms with van der Waals surface area (Å²) in [5, 5.41) is 15.0. The van der Waals surface area contributed by atoms with E-state index in [-0.39, 0.29) is 36.8 Å². The number of hydrogen-bond acceptors (Lipinski definition) is 11. The van der Waals surface area contributed by atoms with Gasteiger partial charge in [-0.3, -0.25) is 14.4 Å². The number of carbonyl (C=O) groups is 3. The molecule has 48 heavy (non-hydrogen) atoms. The standard InChI is InChI=1S/C34H38N8O6/c1-5-17-41(29-15-11-23-19-28-26(20-25(23)29)33(45)36-21(3)35-28)24-12-9-22(10-13-24)32(44)37-27(34(46)47-4)14-16-30-38-39-40-42(30)18-7-8-31(43)48-6-2/h1,9-10,12-13,19-20,27,29H,6-8,11,14-18H2,2-4H3,(H,37,44)(H,35,36,45)/t27-,29?/m0/s1. The van der Waals surface area contributed by atoms with Crippen molar-refractivity contribution in [3.63, 3.8) is 0 Å². The Morgan fingerprint density at radius 1 is 1.23 bits per heavy atom. The minimum Gasteiger partial charge on any atom is -0.467 e. The van der Waals surface area contributed by atoms with Gasteiger partial charge in [0, 0.05) is 30.6 Å². The Balaban J connectivity index is 1.26. The van der Waals surface area contributed by atoms with Crippen molar-refractivity contribution in [3.8, 4) is 12.3 Å². The SMILES string of the molecule is C#CCN(c1ccc(C(=O)N[C@@H](CCc2nnnn2CCCC(=O)OCC)C(=O)OC)cc1)C1CCc2cc3nc(C)[nH]c(=O)c3cc21. The Hall–Kier alpha value is -5.58. The van der Waals surface area contributed by atoms with Gasteiger partial charge in [-0.2, -0.15) is 0 Å². The molecule has 2 aromatic carbocycles. The first-order valence-electron chi connectivity index (χ1n) is 15.8. The van der Waals surface area contributed by atoms with Crippen molar-refractivity contribution in [2.24, 2.45) is 0 Å². The number of tetrazole rings is 1. The van der Waals surface area contributed by atoms with Crippen LogP contribution in [-0.2, 0) is 38.4 Å². The summed E-state index contributed by atoms with van der Waals surface area (Å²) in [4.78, 5) is 59.6. The molecule has 1 aliphatic carbocycles. The zero-order chi connectivity index (χ0) is 34.2. The van der Waals surface area contributed by atoms with Crippen LogP contribution < -0.4 is 15.8 Å². The van der Waals surface area contributed by atoms with E-state index in [0.29, 0.717) is 54.2 Å². The van der Waals surface area contributed by atoms with E-state index >= 15 is 0 Å². The molecule has 0 fully saturated rings. The lowest BCUT2D eigenvalue weighted by Crippen LogP contribution is -2.42. The first-order chi connectivity index (χ1) is 23.2. The van der Waals surface area contributed by atoms with Gasteiger partial charge in [-0.25, -0.2) is 14.5 Å². The number of terminal acetylenes is 1. The second-order valence-electron chi connectivity index (χ2n) is 11.5. The van der Waals surface area contributed by atoms with E-state index in [1.165, 1.54) is 7.11 Å². The molecule has 2 N–H and O–H groups in total. The van der Waals surface area contributed by atoms with Crippen LogP contribution in [-0.4, -0.2) is 74.3 Å². The van der Waals surface area contributed by atoms with Crippen molar-refractivity contribution in [1.82, 2.24) is 35.5 Å². The van der Waals surface area contributed by atoms with E-state index in [1.54, 1.807) is 30.7 Å². The lowest BCUT2D eigenvalue weighted by molar-refractivity contribution is -0.144. The van der Waals surface area contributed by atoms with Crippen LogP contribution in [0.25, 0.3) is 10.9 Å². The molecule has 5 rings (SSSR count). The number of rotatable bonds is 14. The van der Waals surface area contributed by atoms with Crippen LogP contribution in [0, 0.1) is 19.3 Å². The maximum atomic E-state index is 13.3. The molecular weight excluding hydrogens is 616 g/mol. The van der Waals surface area contributed by atoms with E-state index in [0.717, 1.165) is 29.7 Å². The topological polar surface area (TPSA) is 174 Å². The number of nitrogens with zero attached hydrogens (tertiary/aromatic N) is 6. The van der Waals surface area contributed by atoms with E-state index in [9.17, 15) is 19.2 Å². The second kappa shape index (κ2) is 15.3. The zero-order valence-electron chi connectivity index (χ0n) is 27.2. The molecule has 0 saturated heterocycles. The summed E-state index contributed by atoms with van der Waals surface area (Å²) in [6, 6.07) is 9.89. The van der Waals surface area contributed by atoms with Crippen molar-refractivity contribution in [2.75, 3.05) is 25.2 Å². The smallest absolute Gasteiger partial charge is 0.328 e. The first-order valence-corrected chi connectivity index (χ1v) is 15.8. The van der Waals surface area contributed by atoms with Gasteiger partial charge in [0.15, 0.2) is 5.82 Å². The highest BCUT2D eigenvalue weighted by Crippen LogP contribution is 2.39. The first kappa shape index (κ1) is 33.8. The van der Waals surface area contributed by atoms with Crippen molar-refractivity contribution in [3.05, 3.63) is 75.1 Å². The molecule has 0 radical (unpaired) electrons. The predicted octanol–water partition coefficient (Wildman–Crippen LogP) is 2.59. The molecule has 2 heterocycles. The number of nitrogens with one attached hydrogen (secondary N) is 2. The highest BCUT2D eigenvalue weighted by atomic mass is 16.5. The average Bonchev–Trinajstić information content (AvgIpc) is 3.70. The van der Waals surface area contributed by atoms with Crippen LogP contribution in [0.2, 0.25) is 0 Å². The predicted molar refractivity (Wildman–Crippen MR) is 176 cm³/mol. The Morgan fingerprint density at radius 2 is 2.02 bits per heavy atom. The number of aryl methyl sites for hydroxylation is 4. The molecule has 0 bridgehead atoms. The Kier molecular flexibility index (Phi) is 10.8.